The molecular formula is C18H20N2S. The molecule has 3 rings (SSSR count). The third-order valence-corrected chi connectivity index (χ3v) is 4.78. The van der Waals surface area contributed by atoms with E-state index in [9.17, 15) is 0 Å². The van der Waals surface area contributed by atoms with Gasteiger partial charge in [-0.05, 0) is 54.4 Å². The van der Waals surface area contributed by atoms with Gasteiger partial charge in [-0.15, -0.1) is 11.3 Å². The molecule has 0 fully saturated rings. The van der Waals surface area contributed by atoms with E-state index in [1.165, 1.54) is 21.2 Å². The number of nitrogens with zero attached hydrogens (tertiary/aromatic N) is 1. The minimum absolute atomic E-state index is 0.199. The smallest absolute Gasteiger partial charge is 0.0608 e. The molecule has 0 aliphatic carbocycles. The van der Waals surface area contributed by atoms with Crippen molar-refractivity contribution < 1.29 is 0 Å². The van der Waals surface area contributed by atoms with Gasteiger partial charge in [-0.1, -0.05) is 31.2 Å². The first-order chi connectivity index (χ1) is 10.2. The van der Waals surface area contributed by atoms with Crippen LogP contribution in [0, 0.1) is 13.8 Å². The largest absolute Gasteiger partial charge is 0.306 e. The number of hydrogen-bond acceptors (Lipinski definition) is 3. The summed E-state index contributed by atoms with van der Waals surface area (Å²) in [5, 5.41) is 7.11. The summed E-state index contributed by atoms with van der Waals surface area (Å²) >= 11 is 1.81. The van der Waals surface area contributed by atoms with Crippen molar-refractivity contribution in [2.75, 3.05) is 6.54 Å². The molecule has 108 valence electrons. The molecule has 0 radical (unpaired) electrons. The first-order valence-corrected chi connectivity index (χ1v) is 8.22. The molecule has 0 amide bonds. The summed E-state index contributed by atoms with van der Waals surface area (Å²) in [5.74, 6) is 0. The van der Waals surface area contributed by atoms with Crippen molar-refractivity contribution in [2.24, 2.45) is 0 Å². The molecule has 3 aromatic rings. The normalized spacial score (nSPS) is 12.7. The minimum Gasteiger partial charge on any atom is -0.306 e. The Morgan fingerprint density at radius 1 is 1.10 bits per heavy atom. The van der Waals surface area contributed by atoms with E-state index in [0.717, 1.165) is 17.9 Å². The van der Waals surface area contributed by atoms with E-state index in [-0.39, 0.29) is 6.04 Å². The number of pyridine rings is 1. The highest BCUT2D eigenvalue weighted by Crippen LogP contribution is 2.33. The van der Waals surface area contributed by atoms with Gasteiger partial charge in [-0.25, -0.2) is 0 Å². The summed E-state index contributed by atoms with van der Waals surface area (Å²) in [7, 11) is 0. The first kappa shape index (κ1) is 14.2. The number of nitrogens with one attached hydrogen (secondary N) is 1. The van der Waals surface area contributed by atoms with E-state index in [1.54, 1.807) is 0 Å². The number of aryl methyl sites for hydroxylation is 2. The molecule has 1 aromatic carbocycles. The molecular weight excluding hydrogens is 276 g/mol. The highest BCUT2D eigenvalue weighted by molar-refractivity contribution is 7.17. The molecule has 21 heavy (non-hydrogen) atoms. The van der Waals surface area contributed by atoms with Gasteiger partial charge < -0.3 is 5.32 Å². The summed E-state index contributed by atoms with van der Waals surface area (Å²) in [4.78, 5) is 4.63. The van der Waals surface area contributed by atoms with Crippen LogP contribution in [0.1, 0.15) is 35.5 Å². The van der Waals surface area contributed by atoms with Gasteiger partial charge in [0.05, 0.1) is 6.04 Å². The van der Waals surface area contributed by atoms with Gasteiger partial charge in [-0.3, -0.25) is 4.98 Å². The lowest BCUT2D eigenvalue weighted by molar-refractivity contribution is 0.628. The number of aromatic nitrogens is 1. The van der Waals surface area contributed by atoms with Gasteiger partial charge >= 0.3 is 0 Å². The van der Waals surface area contributed by atoms with Gasteiger partial charge in [0.25, 0.3) is 0 Å². The van der Waals surface area contributed by atoms with Crippen molar-refractivity contribution in [1.82, 2.24) is 10.3 Å². The number of benzene rings is 1. The third kappa shape index (κ3) is 2.71. The predicted octanol–water partition coefficient (Wildman–Crippen LogP) is 4.61. The van der Waals surface area contributed by atoms with Crippen molar-refractivity contribution in [2.45, 2.75) is 26.8 Å². The van der Waals surface area contributed by atoms with Crippen molar-refractivity contribution in [3.8, 4) is 0 Å². The zero-order chi connectivity index (χ0) is 14.8. The molecule has 2 aromatic heterocycles. The maximum Gasteiger partial charge on any atom is 0.0608 e. The lowest BCUT2D eigenvalue weighted by atomic mass is 9.96. The fourth-order valence-corrected chi connectivity index (χ4v) is 3.78. The van der Waals surface area contributed by atoms with Crippen LogP contribution in [0.4, 0.5) is 0 Å². The molecule has 0 saturated carbocycles. The molecule has 0 saturated heterocycles. The maximum absolute atomic E-state index is 4.63. The summed E-state index contributed by atoms with van der Waals surface area (Å²) in [6.07, 6.45) is 0. The quantitative estimate of drug-likeness (QED) is 0.760. The summed E-state index contributed by atoms with van der Waals surface area (Å²) in [5.41, 5.74) is 4.79. The second-order valence-corrected chi connectivity index (χ2v) is 6.22. The standard InChI is InChI=1S/C18H20N2S/c1-4-19-17(15-9-8-12(2)20-13(15)3)16-7-5-6-14-10-11-21-18(14)16/h5-11,17,19H,4H2,1-3H3. The van der Waals surface area contributed by atoms with Crippen LogP contribution in [0.15, 0.2) is 41.8 Å². The Hall–Kier alpha value is -1.71. The SMILES string of the molecule is CCNC(c1ccc(C)nc1C)c1cccc2ccsc12. The Morgan fingerprint density at radius 2 is 1.95 bits per heavy atom. The highest BCUT2D eigenvalue weighted by Gasteiger charge is 2.18. The van der Waals surface area contributed by atoms with Crippen LogP contribution in [0.2, 0.25) is 0 Å². The molecule has 1 atom stereocenters. The molecule has 0 aliphatic heterocycles. The minimum atomic E-state index is 0.199. The van der Waals surface area contributed by atoms with Gasteiger partial charge in [0.15, 0.2) is 0 Å². The summed E-state index contributed by atoms with van der Waals surface area (Å²) in [6.45, 7) is 7.22. The van der Waals surface area contributed by atoms with Gasteiger partial charge in [0, 0.05) is 16.1 Å². The number of thiophene rings is 1. The lowest BCUT2D eigenvalue weighted by Crippen LogP contribution is -2.23. The van der Waals surface area contributed by atoms with Crippen LogP contribution in [-0.2, 0) is 0 Å². The topological polar surface area (TPSA) is 24.9 Å². The van der Waals surface area contributed by atoms with Crippen LogP contribution in [0.3, 0.4) is 0 Å². The average Bonchev–Trinajstić information content (AvgIpc) is 2.94. The molecule has 2 nitrogen and oxygen atoms in total. The maximum atomic E-state index is 4.63. The number of fused-ring (bicyclic) bond motifs is 1. The van der Waals surface area contributed by atoms with E-state index in [0.29, 0.717) is 0 Å². The number of rotatable bonds is 4. The van der Waals surface area contributed by atoms with E-state index in [2.05, 4.69) is 65.9 Å². The Morgan fingerprint density at radius 3 is 2.71 bits per heavy atom. The first-order valence-electron chi connectivity index (χ1n) is 7.34. The summed E-state index contributed by atoms with van der Waals surface area (Å²) < 4.78 is 1.36. The van der Waals surface area contributed by atoms with Crippen LogP contribution in [-0.4, -0.2) is 11.5 Å². The van der Waals surface area contributed by atoms with E-state index >= 15 is 0 Å². The van der Waals surface area contributed by atoms with Gasteiger partial charge in [-0.2, -0.15) is 0 Å². The van der Waals surface area contributed by atoms with E-state index in [4.69, 9.17) is 0 Å². The van der Waals surface area contributed by atoms with Crippen LogP contribution in [0.25, 0.3) is 10.1 Å². The Labute approximate surface area is 129 Å². The van der Waals surface area contributed by atoms with Crippen LogP contribution >= 0.6 is 11.3 Å². The molecule has 1 N–H and O–H groups in total. The van der Waals surface area contributed by atoms with Crippen molar-refractivity contribution in [1.29, 1.82) is 0 Å². The van der Waals surface area contributed by atoms with Gasteiger partial charge in [0.1, 0.15) is 0 Å². The fraction of sp³-hybridized carbons (Fsp3) is 0.278. The molecule has 0 bridgehead atoms. The Kier molecular flexibility index (Phi) is 4.04. The highest BCUT2D eigenvalue weighted by atomic mass is 32.1. The second-order valence-electron chi connectivity index (χ2n) is 5.30. The predicted molar refractivity (Wildman–Crippen MR) is 91.1 cm³/mol. The summed E-state index contributed by atoms with van der Waals surface area (Å²) in [6, 6.07) is 13.2. The van der Waals surface area contributed by atoms with Crippen LogP contribution < -0.4 is 5.32 Å². The van der Waals surface area contributed by atoms with Crippen molar-refractivity contribution in [3.05, 3.63) is 64.3 Å². The monoisotopic (exact) mass is 296 g/mol. The average molecular weight is 296 g/mol. The molecule has 0 aliphatic rings. The van der Waals surface area contributed by atoms with Gasteiger partial charge in [0.2, 0.25) is 0 Å². The Bertz CT molecular complexity index is 761. The molecule has 0 spiro atoms. The molecule has 1 unspecified atom stereocenters. The fourth-order valence-electron chi connectivity index (χ4n) is 2.84. The van der Waals surface area contributed by atoms with Crippen LogP contribution in [0.5, 0.6) is 0 Å². The third-order valence-electron chi connectivity index (χ3n) is 3.81. The second kappa shape index (κ2) is 5.96. The van der Waals surface area contributed by atoms with E-state index in [1.807, 2.05) is 18.3 Å². The lowest BCUT2D eigenvalue weighted by Gasteiger charge is -2.21. The number of hydrogen-bond donors (Lipinski definition) is 1. The van der Waals surface area contributed by atoms with Crippen molar-refractivity contribution in [3.63, 3.8) is 0 Å². The zero-order valence-electron chi connectivity index (χ0n) is 12.7. The van der Waals surface area contributed by atoms with E-state index < -0.39 is 0 Å². The Balaban J connectivity index is 2.15. The zero-order valence-corrected chi connectivity index (χ0v) is 13.5. The molecule has 2 heterocycles. The van der Waals surface area contributed by atoms with Crippen molar-refractivity contribution >= 4 is 21.4 Å². The molecule has 3 heteroatoms.